The Balaban J connectivity index is 1.05. The van der Waals surface area contributed by atoms with E-state index in [0.29, 0.717) is 25.5 Å². The van der Waals surface area contributed by atoms with Gasteiger partial charge in [0.05, 0.1) is 28.4 Å². The Bertz CT molecular complexity index is 1870. The second kappa shape index (κ2) is 11.7. The molecule has 45 heavy (non-hydrogen) atoms. The van der Waals surface area contributed by atoms with Crippen molar-refractivity contribution in [1.82, 2.24) is 14.5 Å². The van der Waals surface area contributed by atoms with Crippen LogP contribution < -0.4 is 9.64 Å². The molecule has 2 aromatic heterocycles. The SMILES string of the molecule is CSc1cc(Cl)ccc1COc1cccc(C2=CCC3(CC2)CN(c2nc4ccc(C(=O)O)cc4n2CC2(CC#N)CC2)C3)n1. The molecule has 0 radical (unpaired) electrons. The lowest BCUT2D eigenvalue weighted by atomic mass is 9.69. The van der Waals surface area contributed by atoms with Gasteiger partial charge in [0.1, 0.15) is 6.61 Å². The molecule has 3 aliphatic rings. The maximum absolute atomic E-state index is 11.7. The summed E-state index contributed by atoms with van der Waals surface area (Å²) in [5.74, 6) is 0.546. The molecule has 2 aromatic carbocycles. The van der Waals surface area contributed by atoms with Crippen LogP contribution in [-0.4, -0.2) is 45.0 Å². The zero-order valence-corrected chi connectivity index (χ0v) is 26.7. The van der Waals surface area contributed by atoms with E-state index in [4.69, 9.17) is 26.3 Å². The normalized spacial score (nSPS) is 17.9. The molecule has 0 atom stereocenters. The molecule has 8 nitrogen and oxygen atoms in total. The van der Waals surface area contributed by atoms with Gasteiger partial charge in [0.25, 0.3) is 0 Å². The van der Waals surface area contributed by atoms with Gasteiger partial charge < -0.3 is 19.3 Å². The zero-order chi connectivity index (χ0) is 31.2. The van der Waals surface area contributed by atoms with E-state index in [1.54, 1.807) is 30.0 Å². The standard InChI is InChI=1S/C35H34ClN5O3S/c1-45-30-18-26(36)7-5-25(30)19-44-31-4-2-3-27(38-31)23-9-11-35(12-10-23)20-40(21-35)33-39-28-8-6-24(32(42)43)17-29(28)41(33)22-34(13-14-34)15-16-37/h2-9,17-18H,10-15,19-22H2,1H3,(H,42,43). The summed E-state index contributed by atoms with van der Waals surface area (Å²) in [4.78, 5) is 25.0. The molecule has 1 saturated heterocycles. The van der Waals surface area contributed by atoms with E-state index < -0.39 is 5.97 Å². The molecular weight excluding hydrogens is 606 g/mol. The number of carboxylic acids is 1. The maximum Gasteiger partial charge on any atom is 0.335 e. The predicted octanol–water partition coefficient (Wildman–Crippen LogP) is 7.85. The van der Waals surface area contributed by atoms with Crippen LogP contribution in [0.4, 0.5) is 5.95 Å². The molecule has 7 rings (SSSR count). The summed E-state index contributed by atoms with van der Waals surface area (Å²) >= 11 is 7.81. The Kier molecular flexibility index (Phi) is 7.74. The first-order valence-corrected chi connectivity index (χ1v) is 16.9. The summed E-state index contributed by atoms with van der Waals surface area (Å²) in [6.45, 7) is 2.91. The van der Waals surface area contributed by atoms with Crippen LogP contribution in [0.3, 0.4) is 0 Å². The number of aromatic nitrogens is 3. The summed E-state index contributed by atoms with van der Waals surface area (Å²) in [5.41, 5.74) is 5.31. The number of aromatic carboxylic acids is 1. The topological polar surface area (TPSA) is 104 Å². The first-order chi connectivity index (χ1) is 21.8. The first kappa shape index (κ1) is 29.7. The summed E-state index contributed by atoms with van der Waals surface area (Å²) < 4.78 is 8.26. The minimum Gasteiger partial charge on any atom is -0.478 e. The molecule has 230 valence electrons. The second-order valence-electron chi connectivity index (χ2n) is 12.7. The average molecular weight is 640 g/mol. The number of imidazole rings is 1. The fraction of sp³-hybridized carbons (Fsp3) is 0.371. The van der Waals surface area contributed by atoms with E-state index in [1.165, 1.54) is 5.57 Å². The van der Waals surface area contributed by atoms with E-state index in [9.17, 15) is 15.2 Å². The van der Waals surface area contributed by atoms with Crippen molar-refractivity contribution in [3.8, 4) is 11.9 Å². The lowest BCUT2D eigenvalue weighted by Crippen LogP contribution is -2.57. The van der Waals surface area contributed by atoms with Crippen molar-refractivity contribution in [2.24, 2.45) is 10.8 Å². The first-order valence-electron chi connectivity index (χ1n) is 15.3. The molecule has 10 heteroatoms. The highest BCUT2D eigenvalue weighted by Crippen LogP contribution is 2.52. The van der Waals surface area contributed by atoms with Crippen LogP contribution in [0.5, 0.6) is 5.88 Å². The third-order valence-corrected chi connectivity index (χ3v) is 10.7. The van der Waals surface area contributed by atoms with Crippen molar-refractivity contribution >= 4 is 51.9 Å². The van der Waals surface area contributed by atoms with Crippen LogP contribution in [0.25, 0.3) is 16.6 Å². The van der Waals surface area contributed by atoms with Gasteiger partial charge in [0.15, 0.2) is 0 Å². The number of fused-ring (bicyclic) bond motifs is 1. The lowest BCUT2D eigenvalue weighted by molar-refractivity contribution is 0.0697. The largest absolute Gasteiger partial charge is 0.478 e. The van der Waals surface area contributed by atoms with Crippen LogP contribution >= 0.6 is 23.4 Å². The van der Waals surface area contributed by atoms with Gasteiger partial charge >= 0.3 is 5.97 Å². The molecule has 1 saturated carbocycles. The quantitative estimate of drug-likeness (QED) is 0.175. The number of pyridine rings is 1. The number of allylic oxidation sites excluding steroid dienone is 2. The number of carboxylic acid groups (broad SMARTS) is 1. The van der Waals surface area contributed by atoms with Crippen molar-refractivity contribution in [3.05, 3.63) is 82.5 Å². The van der Waals surface area contributed by atoms with Gasteiger partial charge in [-0.3, -0.25) is 0 Å². The summed E-state index contributed by atoms with van der Waals surface area (Å²) in [6, 6.07) is 19.3. The number of nitriles is 1. The minimum absolute atomic E-state index is 0.0429. The molecule has 1 spiro atoms. The highest BCUT2D eigenvalue weighted by molar-refractivity contribution is 7.98. The van der Waals surface area contributed by atoms with Crippen LogP contribution in [0, 0.1) is 22.2 Å². The number of anilines is 1. The van der Waals surface area contributed by atoms with Gasteiger partial charge in [0.2, 0.25) is 11.8 Å². The van der Waals surface area contributed by atoms with Crippen LogP contribution in [0.15, 0.2) is 65.6 Å². The van der Waals surface area contributed by atoms with E-state index in [2.05, 4.69) is 27.7 Å². The van der Waals surface area contributed by atoms with Gasteiger partial charge in [0, 0.05) is 58.4 Å². The van der Waals surface area contributed by atoms with Crippen molar-refractivity contribution in [2.45, 2.75) is 56.6 Å². The molecule has 2 aliphatic carbocycles. The summed E-state index contributed by atoms with van der Waals surface area (Å²) in [5, 5.41) is 19.8. The van der Waals surface area contributed by atoms with Crippen molar-refractivity contribution in [3.63, 3.8) is 0 Å². The number of benzene rings is 2. The summed E-state index contributed by atoms with van der Waals surface area (Å²) in [7, 11) is 0. The molecule has 1 aliphatic heterocycles. The van der Waals surface area contributed by atoms with Gasteiger partial charge in [-0.25, -0.2) is 14.8 Å². The lowest BCUT2D eigenvalue weighted by Gasteiger charge is -2.52. The van der Waals surface area contributed by atoms with Crippen molar-refractivity contribution < 1.29 is 14.6 Å². The van der Waals surface area contributed by atoms with Crippen molar-refractivity contribution in [2.75, 3.05) is 24.2 Å². The number of hydrogen-bond donors (Lipinski definition) is 1. The molecule has 4 aromatic rings. The molecule has 2 fully saturated rings. The molecule has 1 N–H and O–H groups in total. The smallest absolute Gasteiger partial charge is 0.335 e. The minimum atomic E-state index is -0.949. The Morgan fingerprint density at radius 2 is 1.98 bits per heavy atom. The Labute approximate surface area is 271 Å². The number of nitrogens with zero attached hydrogens (tertiary/aromatic N) is 5. The van der Waals surface area contributed by atoms with Gasteiger partial charge in [-0.15, -0.1) is 11.8 Å². The number of rotatable bonds is 10. The summed E-state index contributed by atoms with van der Waals surface area (Å²) in [6.07, 6.45) is 9.87. The third kappa shape index (κ3) is 5.89. The van der Waals surface area contributed by atoms with Gasteiger partial charge in [-0.05, 0) is 80.3 Å². The second-order valence-corrected chi connectivity index (χ2v) is 14.0. The number of halogens is 1. The van der Waals surface area contributed by atoms with Crippen LogP contribution in [-0.2, 0) is 13.2 Å². The third-order valence-electron chi connectivity index (χ3n) is 9.60. The molecular formula is C35H34ClN5O3S. The maximum atomic E-state index is 11.7. The number of carbonyl (C=O) groups is 1. The van der Waals surface area contributed by atoms with E-state index in [-0.39, 0.29) is 16.4 Å². The monoisotopic (exact) mass is 639 g/mol. The zero-order valence-electron chi connectivity index (χ0n) is 25.1. The van der Waals surface area contributed by atoms with Crippen LogP contribution in [0.1, 0.15) is 60.1 Å². The van der Waals surface area contributed by atoms with E-state index in [1.807, 2.05) is 36.6 Å². The number of hydrogen-bond acceptors (Lipinski definition) is 7. The highest BCUT2D eigenvalue weighted by Gasteiger charge is 2.47. The fourth-order valence-corrected chi connectivity index (χ4v) is 7.61. The Hall–Kier alpha value is -4.00. The van der Waals surface area contributed by atoms with E-state index in [0.717, 1.165) is 83.4 Å². The molecule has 0 unspecified atom stereocenters. The molecule has 0 amide bonds. The van der Waals surface area contributed by atoms with Crippen molar-refractivity contribution in [1.29, 1.82) is 5.26 Å². The van der Waals surface area contributed by atoms with Gasteiger partial charge in [-0.2, -0.15) is 5.26 Å². The number of thioether (sulfide) groups is 1. The Morgan fingerprint density at radius 1 is 1.13 bits per heavy atom. The van der Waals surface area contributed by atoms with Gasteiger partial charge in [-0.1, -0.05) is 29.8 Å². The predicted molar refractivity (Wildman–Crippen MR) is 177 cm³/mol. The van der Waals surface area contributed by atoms with E-state index >= 15 is 0 Å². The molecule has 0 bridgehead atoms. The Morgan fingerprint density at radius 3 is 2.69 bits per heavy atom. The molecule has 3 heterocycles. The number of ether oxygens (including phenoxy) is 1. The fourth-order valence-electron chi connectivity index (χ4n) is 6.74. The van der Waals surface area contributed by atoms with Crippen LogP contribution in [0.2, 0.25) is 5.02 Å². The average Bonchev–Trinajstić information content (AvgIpc) is 3.71. The highest BCUT2D eigenvalue weighted by atomic mass is 35.5.